The molecule has 1 saturated carbocycles. The van der Waals surface area contributed by atoms with Gasteiger partial charge in [0.05, 0.1) is 18.3 Å². The number of allylic oxidation sites excluding steroid dienone is 2. The van der Waals surface area contributed by atoms with Gasteiger partial charge in [0.1, 0.15) is 0 Å². The van der Waals surface area contributed by atoms with Gasteiger partial charge < -0.3 is 15.3 Å². The van der Waals surface area contributed by atoms with Crippen LogP contribution < -0.4 is 0 Å². The fourth-order valence-corrected chi connectivity index (χ4v) is 2.77. The Morgan fingerprint density at radius 1 is 1.16 bits per heavy atom. The summed E-state index contributed by atoms with van der Waals surface area (Å²) in [5.74, 6) is 0.00545. The topological polar surface area (TPSA) is 60.7 Å². The first-order chi connectivity index (χ1) is 9.10. The van der Waals surface area contributed by atoms with Crippen LogP contribution in [0.4, 0.5) is 0 Å². The summed E-state index contributed by atoms with van der Waals surface area (Å²) in [5.41, 5.74) is 0. The van der Waals surface area contributed by atoms with E-state index in [1.165, 1.54) is 0 Å². The highest BCUT2D eigenvalue weighted by atomic mass is 16.3. The molecular formula is C16H28O3. The first-order valence-electron chi connectivity index (χ1n) is 7.47. The van der Waals surface area contributed by atoms with E-state index in [2.05, 4.69) is 19.1 Å². The minimum atomic E-state index is -0.500. The normalized spacial score (nSPS) is 33.5. The minimum Gasteiger partial charge on any atom is -0.393 e. The number of hydrogen-bond donors (Lipinski definition) is 3. The van der Waals surface area contributed by atoms with E-state index in [9.17, 15) is 15.3 Å². The summed E-state index contributed by atoms with van der Waals surface area (Å²) in [7, 11) is 0. The molecule has 0 radical (unpaired) electrons. The summed E-state index contributed by atoms with van der Waals surface area (Å²) in [6.07, 6.45) is 10.3. The van der Waals surface area contributed by atoms with Crippen LogP contribution in [0.15, 0.2) is 24.3 Å². The number of aliphatic hydroxyl groups is 3. The van der Waals surface area contributed by atoms with Crippen LogP contribution in [-0.2, 0) is 0 Å². The lowest BCUT2D eigenvalue weighted by molar-refractivity contribution is 0.120. The highest BCUT2D eigenvalue weighted by Crippen LogP contribution is 2.36. The molecule has 3 N–H and O–H groups in total. The average molecular weight is 268 g/mol. The lowest BCUT2D eigenvalue weighted by Gasteiger charge is -2.19. The smallest absolute Gasteiger partial charge is 0.0720 e. The Kier molecular flexibility index (Phi) is 7.36. The van der Waals surface area contributed by atoms with Crippen molar-refractivity contribution in [1.82, 2.24) is 0 Å². The number of hydrogen-bond acceptors (Lipinski definition) is 3. The van der Waals surface area contributed by atoms with E-state index in [1.54, 1.807) is 6.08 Å². The van der Waals surface area contributed by atoms with E-state index in [-0.39, 0.29) is 11.8 Å². The fraction of sp³-hybridized carbons (Fsp3) is 0.750. The van der Waals surface area contributed by atoms with Crippen molar-refractivity contribution < 1.29 is 15.3 Å². The second kappa shape index (κ2) is 8.51. The third-order valence-electron chi connectivity index (χ3n) is 3.87. The molecule has 3 nitrogen and oxygen atoms in total. The van der Waals surface area contributed by atoms with E-state index < -0.39 is 18.3 Å². The van der Waals surface area contributed by atoms with Gasteiger partial charge in [0, 0.05) is 12.3 Å². The first kappa shape index (κ1) is 16.4. The lowest BCUT2D eigenvalue weighted by Crippen LogP contribution is -2.20. The highest BCUT2D eigenvalue weighted by Gasteiger charge is 2.39. The molecule has 0 aliphatic heterocycles. The van der Waals surface area contributed by atoms with Crippen molar-refractivity contribution in [2.45, 2.75) is 64.3 Å². The average Bonchev–Trinajstić information content (AvgIpc) is 2.62. The van der Waals surface area contributed by atoms with Crippen LogP contribution in [0, 0.1) is 11.8 Å². The zero-order chi connectivity index (χ0) is 14.3. The van der Waals surface area contributed by atoms with Crippen molar-refractivity contribution >= 4 is 0 Å². The van der Waals surface area contributed by atoms with Gasteiger partial charge in [-0.05, 0) is 25.2 Å². The summed E-state index contributed by atoms with van der Waals surface area (Å²) >= 11 is 0. The van der Waals surface area contributed by atoms with Crippen molar-refractivity contribution in [2.24, 2.45) is 11.8 Å². The molecule has 5 unspecified atom stereocenters. The first-order valence-corrected chi connectivity index (χ1v) is 7.47. The summed E-state index contributed by atoms with van der Waals surface area (Å²) < 4.78 is 0. The molecule has 0 bridgehead atoms. The van der Waals surface area contributed by atoms with Gasteiger partial charge >= 0.3 is 0 Å². The third kappa shape index (κ3) is 5.09. The van der Waals surface area contributed by atoms with E-state index in [1.807, 2.05) is 13.0 Å². The maximum absolute atomic E-state index is 10.0. The number of aliphatic hydroxyl groups excluding tert-OH is 3. The summed E-state index contributed by atoms with van der Waals surface area (Å²) in [4.78, 5) is 0. The molecule has 0 aromatic carbocycles. The number of rotatable bonds is 7. The second-order valence-electron chi connectivity index (χ2n) is 5.47. The van der Waals surface area contributed by atoms with Gasteiger partial charge in [-0.1, -0.05) is 44.6 Å². The zero-order valence-electron chi connectivity index (χ0n) is 12.1. The van der Waals surface area contributed by atoms with Gasteiger partial charge in [0.2, 0.25) is 0 Å². The molecule has 5 atom stereocenters. The Morgan fingerprint density at radius 2 is 1.89 bits per heavy atom. The van der Waals surface area contributed by atoms with E-state index in [0.29, 0.717) is 6.42 Å². The molecule has 1 fully saturated rings. The monoisotopic (exact) mass is 268 g/mol. The molecule has 0 saturated heterocycles. The molecule has 0 aromatic heterocycles. The van der Waals surface area contributed by atoms with Crippen LogP contribution in [-0.4, -0.2) is 33.6 Å². The quantitative estimate of drug-likeness (QED) is 0.621. The highest BCUT2D eigenvalue weighted by molar-refractivity contribution is 5.06. The van der Waals surface area contributed by atoms with E-state index >= 15 is 0 Å². The van der Waals surface area contributed by atoms with Crippen LogP contribution in [0.2, 0.25) is 0 Å². The molecule has 0 amide bonds. The molecule has 1 aliphatic rings. The maximum Gasteiger partial charge on any atom is 0.0720 e. The van der Waals surface area contributed by atoms with E-state index in [0.717, 1.165) is 25.7 Å². The Hall–Kier alpha value is -0.640. The molecule has 0 spiro atoms. The van der Waals surface area contributed by atoms with Gasteiger partial charge in [-0.25, -0.2) is 0 Å². The van der Waals surface area contributed by atoms with Gasteiger partial charge in [-0.15, -0.1) is 0 Å². The van der Waals surface area contributed by atoms with Crippen molar-refractivity contribution in [3.05, 3.63) is 24.3 Å². The molecule has 3 heteroatoms. The maximum atomic E-state index is 10.0. The van der Waals surface area contributed by atoms with Crippen LogP contribution in [0.1, 0.15) is 46.0 Å². The van der Waals surface area contributed by atoms with Crippen molar-refractivity contribution in [1.29, 1.82) is 0 Å². The van der Waals surface area contributed by atoms with Gasteiger partial charge in [-0.2, -0.15) is 0 Å². The van der Waals surface area contributed by atoms with Crippen LogP contribution in [0.3, 0.4) is 0 Å². The van der Waals surface area contributed by atoms with Crippen molar-refractivity contribution in [3.8, 4) is 0 Å². The lowest BCUT2D eigenvalue weighted by atomic mass is 9.89. The van der Waals surface area contributed by atoms with Gasteiger partial charge in [0.25, 0.3) is 0 Å². The summed E-state index contributed by atoms with van der Waals surface area (Å²) in [5, 5.41) is 29.7. The van der Waals surface area contributed by atoms with Crippen LogP contribution in [0.5, 0.6) is 0 Å². The molecule has 110 valence electrons. The predicted octanol–water partition coefficient (Wildman–Crippen LogP) is 2.42. The molecule has 0 heterocycles. The second-order valence-corrected chi connectivity index (χ2v) is 5.47. The SMILES string of the molecule is CC/C=C/CC1C(O)CC(O)C1/C=C/C(O)CCC. The van der Waals surface area contributed by atoms with E-state index in [4.69, 9.17) is 0 Å². The van der Waals surface area contributed by atoms with Gasteiger partial charge in [-0.3, -0.25) is 0 Å². The predicted molar refractivity (Wildman–Crippen MR) is 77.7 cm³/mol. The molecule has 1 aliphatic carbocycles. The molecular weight excluding hydrogens is 240 g/mol. The Bertz CT molecular complexity index is 298. The Labute approximate surface area is 116 Å². The molecule has 1 rings (SSSR count). The summed E-state index contributed by atoms with van der Waals surface area (Å²) in [6, 6.07) is 0. The molecule has 19 heavy (non-hydrogen) atoms. The largest absolute Gasteiger partial charge is 0.393 e. The fourth-order valence-electron chi connectivity index (χ4n) is 2.77. The van der Waals surface area contributed by atoms with Crippen molar-refractivity contribution in [3.63, 3.8) is 0 Å². The van der Waals surface area contributed by atoms with Crippen molar-refractivity contribution in [2.75, 3.05) is 0 Å². The Morgan fingerprint density at radius 3 is 2.53 bits per heavy atom. The zero-order valence-corrected chi connectivity index (χ0v) is 12.1. The Balaban J connectivity index is 2.62. The standard InChI is InChI=1S/C16H28O3/c1-3-5-6-8-13-14(16(19)11-15(13)18)10-9-12(17)7-4-2/h5-6,9-10,12-19H,3-4,7-8,11H2,1-2H3/b6-5+,10-9+. The minimum absolute atomic E-state index is 0.0528. The van der Waals surface area contributed by atoms with Crippen LogP contribution in [0.25, 0.3) is 0 Å². The summed E-state index contributed by atoms with van der Waals surface area (Å²) in [6.45, 7) is 4.11. The van der Waals surface area contributed by atoms with Crippen LogP contribution >= 0.6 is 0 Å². The van der Waals surface area contributed by atoms with Gasteiger partial charge in [0.15, 0.2) is 0 Å². The third-order valence-corrected chi connectivity index (χ3v) is 3.87. The molecule has 0 aromatic rings.